The maximum absolute atomic E-state index is 11.9. The summed E-state index contributed by atoms with van der Waals surface area (Å²) in [5.74, 6) is 0.769. The summed E-state index contributed by atoms with van der Waals surface area (Å²) in [5.41, 5.74) is -0.282. The molecule has 1 aliphatic rings. The lowest BCUT2D eigenvalue weighted by Crippen LogP contribution is -2.45. The average Bonchev–Trinajstić information content (AvgIpc) is 2.35. The first-order valence-electron chi connectivity index (χ1n) is 8.03. The van der Waals surface area contributed by atoms with Gasteiger partial charge in [-0.25, -0.2) is 0 Å². The van der Waals surface area contributed by atoms with Crippen molar-refractivity contribution in [1.82, 2.24) is 15.5 Å². The molecule has 1 fully saturated rings. The summed E-state index contributed by atoms with van der Waals surface area (Å²) in [5, 5.41) is 6.57. The van der Waals surface area contributed by atoms with E-state index in [2.05, 4.69) is 29.4 Å². The summed E-state index contributed by atoms with van der Waals surface area (Å²) < 4.78 is 0. The number of likely N-dealkylation sites (tertiary alicyclic amines) is 1. The van der Waals surface area contributed by atoms with E-state index in [1.165, 1.54) is 19.4 Å². The summed E-state index contributed by atoms with van der Waals surface area (Å²) in [6.45, 7) is 15.6. The fraction of sp³-hybridized carbons (Fsp3) is 0.938. The van der Waals surface area contributed by atoms with Crippen molar-refractivity contribution < 1.29 is 4.79 Å². The smallest absolute Gasteiger partial charge is 0.225 e. The molecule has 1 aliphatic heterocycles. The van der Waals surface area contributed by atoms with Gasteiger partial charge in [0.25, 0.3) is 0 Å². The fourth-order valence-electron chi connectivity index (χ4n) is 2.53. The van der Waals surface area contributed by atoms with Crippen LogP contribution in [0.15, 0.2) is 0 Å². The molecule has 0 unspecified atom stereocenters. The number of nitrogens with one attached hydrogen (secondary N) is 2. The Hall–Kier alpha value is -0.610. The van der Waals surface area contributed by atoms with Gasteiger partial charge in [-0.1, -0.05) is 34.6 Å². The number of nitrogens with zero attached hydrogens (tertiary/aromatic N) is 1. The van der Waals surface area contributed by atoms with Crippen LogP contribution >= 0.6 is 0 Å². The second-order valence-electron chi connectivity index (χ2n) is 7.38. The van der Waals surface area contributed by atoms with Crippen molar-refractivity contribution in [1.29, 1.82) is 0 Å². The molecule has 0 aromatic rings. The van der Waals surface area contributed by atoms with E-state index in [-0.39, 0.29) is 11.3 Å². The van der Waals surface area contributed by atoms with Gasteiger partial charge in [0.1, 0.15) is 0 Å². The predicted molar refractivity (Wildman–Crippen MR) is 84.8 cm³/mol. The van der Waals surface area contributed by atoms with Gasteiger partial charge >= 0.3 is 0 Å². The second kappa shape index (κ2) is 7.99. The molecule has 1 heterocycles. The van der Waals surface area contributed by atoms with E-state index in [0.29, 0.717) is 12.0 Å². The Morgan fingerprint density at radius 1 is 1.35 bits per heavy atom. The molecule has 0 saturated carbocycles. The van der Waals surface area contributed by atoms with E-state index in [4.69, 9.17) is 0 Å². The van der Waals surface area contributed by atoms with Gasteiger partial charge in [-0.3, -0.25) is 4.79 Å². The molecular formula is C16H33N3O. The molecule has 0 aliphatic carbocycles. The molecule has 0 aromatic carbocycles. The molecule has 4 heteroatoms. The summed E-state index contributed by atoms with van der Waals surface area (Å²) >= 11 is 0. The van der Waals surface area contributed by atoms with Gasteiger partial charge in [-0.2, -0.15) is 0 Å². The molecule has 0 spiro atoms. The van der Waals surface area contributed by atoms with Crippen LogP contribution in [0.5, 0.6) is 0 Å². The Kier molecular flexibility index (Phi) is 6.96. The van der Waals surface area contributed by atoms with Crippen molar-refractivity contribution in [3.05, 3.63) is 0 Å². The van der Waals surface area contributed by atoms with Crippen LogP contribution in [0.25, 0.3) is 0 Å². The summed E-state index contributed by atoms with van der Waals surface area (Å²) in [4.78, 5) is 14.4. The SMILES string of the molecule is CC(C)NCCN1CCC[C@H](CNC(=O)C(C)(C)C)C1. The standard InChI is InChI=1S/C16H33N3O/c1-13(2)17-8-10-19-9-6-7-14(12-19)11-18-15(20)16(3,4)5/h13-14,17H,6-12H2,1-5H3,(H,18,20)/t14-/m1/s1. The minimum Gasteiger partial charge on any atom is -0.355 e. The molecule has 2 N–H and O–H groups in total. The van der Waals surface area contributed by atoms with Crippen molar-refractivity contribution >= 4 is 5.91 Å². The lowest BCUT2D eigenvalue weighted by Gasteiger charge is -2.33. The van der Waals surface area contributed by atoms with Crippen LogP contribution in [-0.4, -0.2) is 49.6 Å². The van der Waals surface area contributed by atoms with Crippen molar-refractivity contribution in [2.75, 3.05) is 32.7 Å². The Labute approximate surface area is 124 Å². The third-order valence-electron chi connectivity index (χ3n) is 3.82. The average molecular weight is 283 g/mol. The van der Waals surface area contributed by atoms with Crippen LogP contribution in [0.3, 0.4) is 0 Å². The van der Waals surface area contributed by atoms with Gasteiger partial charge in [-0.05, 0) is 25.3 Å². The number of carbonyl (C=O) groups is 1. The first-order valence-corrected chi connectivity index (χ1v) is 8.03. The fourth-order valence-corrected chi connectivity index (χ4v) is 2.53. The largest absolute Gasteiger partial charge is 0.355 e. The number of amides is 1. The zero-order valence-corrected chi connectivity index (χ0v) is 14.0. The highest BCUT2D eigenvalue weighted by atomic mass is 16.2. The van der Waals surface area contributed by atoms with Crippen LogP contribution in [0.1, 0.15) is 47.5 Å². The van der Waals surface area contributed by atoms with E-state index >= 15 is 0 Å². The molecule has 20 heavy (non-hydrogen) atoms. The maximum Gasteiger partial charge on any atom is 0.225 e. The van der Waals surface area contributed by atoms with Gasteiger partial charge in [0, 0.05) is 37.6 Å². The topological polar surface area (TPSA) is 44.4 Å². The van der Waals surface area contributed by atoms with Gasteiger partial charge in [0.05, 0.1) is 0 Å². The lowest BCUT2D eigenvalue weighted by atomic mass is 9.94. The van der Waals surface area contributed by atoms with Crippen LogP contribution in [0.4, 0.5) is 0 Å². The minimum absolute atomic E-state index is 0.163. The van der Waals surface area contributed by atoms with Gasteiger partial charge in [0.15, 0.2) is 0 Å². The first kappa shape index (κ1) is 17.4. The number of hydrogen-bond donors (Lipinski definition) is 2. The molecule has 0 radical (unpaired) electrons. The minimum atomic E-state index is -0.282. The highest BCUT2D eigenvalue weighted by Gasteiger charge is 2.24. The molecule has 1 saturated heterocycles. The van der Waals surface area contributed by atoms with E-state index in [1.54, 1.807) is 0 Å². The van der Waals surface area contributed by atoms with Crippen molar-refractivity contribution in [2.24, 2.45) is 11.3 Å². The number of piperidine rings is 1. The summed E-state index contributed by atoms with van der Waals surface area (Å²) in [6, 6.07) is 0.557. The second-order valence-corrected chi connectivity index (χ2v) is 7.38. The van der Waals surface area contributed by atoms with Crippen molar-refractivity contribution in [2.45, 2.75) is 53.5 Å². The Balaban J connectivity index is 2.25. The van der Waals surface area contributed by atoms with E-state index < -0.39 is 0 Å². The highest BCUT2D eigenvalue weighted by Crippen LogP contribution is 2.17. The summed E-state index contributed by atoms with van der Waals surface area (Å²) in [6.07, 6.45) is 2.48. The van der Waals surface area contributed by atoms with Crippen LogP contribution in [-0.2, 0) is 4.79 Å². The number of rotatable bonds is 6. The molecule has 0 bridgehead atoms. The molecule has 1 atom stereocenters. The Morgan fingerprint density at radius 2 is 2.05 bits per heavy atom. The molecule has 1 amide bonds. The Bertz CT molecular complexity index is 297. The van der Waals surface area contributed by atoms with Crippen LogP contribution in [0, 0.1) is 11.3 Å². The first-order chi connectivity index (χ1) is 9.29. The maximum atomic E-state index is 11.9. The molecule has 4 nitrogen and oxygen atoms in total. The third kappa shape index (κ3) is 6.71. The lowest BCUT2D eigenvalue weighted by molar-refractivity contribution is -0.128. The Morgan fingerprint density at radius 3 is 2.65 bits per heavy atom. The quantitative estimate of drug-likeness (QED) is 0.782. The highest BCUT2D eigenvalue weighted by molar-refractivity contribution is 5.81. The molecular weight excluding hydrogens is 250 g/mol. The number of carbonyl (C=O) groups excluding carboxylic acids is 1. The zero-order chi connectivity index (χ0) is 15.2. The van der Waals surface area contributed by atoms with Gasteiger partial charge in [-0.15, -0.1) is 0 Å². The monoisotopic (exact) mass is 283 g/mol. The van der Waals surface area contributed by atoms with Gasteiger partial charge in [0.2, 0.25) is 5.91 Å². The zero-order valence-electron chi connectivity index (χ0n) is 14.0. The van der Waals surface area contributed by atoms with Crippen LogP contribution < -0.4 is 10.6 Å². The van der Waals surface area contributed by atoms with Crippen molar-refractivity contribution in [3.8, 4) is 0 Å². The normalized spacial score (nSPS) is 21.2. The number of hydrogen-bond acceptors (Lipinski definition) is 3. The van der Waals surface area contributed by atoms with Crippen molar-refractivity contribution in [3.63, 3.8) is 0 Å². The third-order valence-corrected chi connectivity index (χ3v) is 3.82. The van der Waals surface area contributed by atoms with E-state index in [1.807, 2.05) is 20.8 Å². The molecule has 118 valence electrons. The van der Waals surface area contributed by atoms with Crippen LogP contribution in [0.2, 0.25) is 0 Å². The van der Waals surface area contributed by atoms with E-state index in [0.717, 1.165) is 26.2 Å². The summed E-state index contributed by atoms with van der Waals surface area (Å²) in [7, 11) is 0. The molecule has 0 aromatic heterocycles. The predicted octanol–water partition coefficient (Wildman–Crippen LogP) is 1.86. The van der Waals surface area contributed by atoms with E-state index in [9.17, 15) is 4.79 Å². The van der Waals surface area contributed by atoms with Gasteiger partial charge < -0.3 is 15.5 Å². The molecule has 1 rings (SSSR count).